The SMILES string of the molecule is CCCNCC(O)Cc1ccc(CC)cc1. The second-order valence-corrected chi connectivity index (χ2v) is 4.23. The van der Waals surface area contributed by atoms with Crippen molar-refractivity contribution in [3.63, 3.8) is 0 Å². The highest BCUT2D eigenvalue weighted by Gasteiger charge is 2.04. The van der Waals surface area contributed by atoms with Crippen molar-refractivity contribution in [2.45, 2.75) is 39.2 Å². The molecule has 2 N–H and O–H groups in total. The van der Waals surface area contributed by atoms with Crippen LogP contribution in [0.4, 0.5) is 0 Å². The smallest absolute Gasteiger partial charge is 0.0704 e. The fourth-order valence-corrected chi connectivity index (χ4v) is 1.70. The predicted molar refractivity (Wildman–Crippen MR) is 68.7 cm³/mol. The van der Waals surface area contributed by atoms with Crippen LogP contribution in [0.3, 0.4) is 0 Å². The molecule has 1 aromatic carbocycles. The van der Waals surface area contributed by atoms with E-state index < -0.39 is 0 Å². The first-order valence-corrected chi connectivity index (χ1v) is 6.22. The van der Waals surface area contributed by atoms with Gasteiger partial charge in [0.05, 0.1) is 6.10 Å². The van der Waals surface area contributed by atoms with Gasteiger partial charge >= 0.3 is 0 Å². The molecule has 90 valence electrons. The highest BCUT2D eigenvalue weighted by atomic mass is 16.3. The number of aryl methyl sites for hydroxylation is 1. The summed E-state index contributed by atoms with van der Waals surface area (Å²) in [5.74, 6) is 0. The Morgan fingerprint density at radius 1 is 1.12 bits per heavy atom. The highest BCUT2D eigenvalue weighted by molar-refractivity contribution is 5.22. The molecule has 1 aromatic rings. The number of nitrogens with one attached hydrogen (secondary N) is 1. The van der Waals surface area contributed by atoms with E-state index >= 15 is 0 Å². The average Bonchev–Trinajstić information content (AvgIpc) is 2.30. The first kappa shape index (κ1) is 13.2. The maximum Gasteiger partial charge on any atom is 0.0704 e. The number of aliphatic hydroxyl groups is 1. The summed E-state index contributed by atoms with van der Waals surface area (Å²) in [6, 6.07) is 8.51. The molecular weight excluding hydrogens is 198 g/mol. The Morgan fingerprint density at radius 3 is 2.31 bits per heavy atom. The quantitative estimate of drug-likeness (QED) is 0.692. The molecule has 1 rings (SSSR count). The van der Waals surface area contributed by atoms with Crippen molar-refractivity contribution in [3.8, 4) is 0 Å². The Kier molecular flexibility index (Phi) is 6.12. The second-order valence-electron chi connectivity index (χ2n) is 4.23. The van der Waals surface area contributed by atoms with Gasteiger partial charge < -0.3 is 10.4 Å². The third-order valence-electron chi connectivity index (χ3n) is 2.71. The summed E-state index contributed by atoms with van der Waals surface area (Å²) < 4.78 is 0. The van der Waals surface area contributed by atoms with E-state index in [1.54, 1.807) is 0 Å². The molecule has 0 aliphatic carbocycles. The lowest BCUT2D eigenvalue weighted by atomic mass is 10.0. The summed E-state index contributed by atoms with van der Waals surface area (Å²) in [6.45, 7) is 5.94. The van der Waals surface area contributed by atoms with Gasteiger partial charge in [0.2, 0.25) is 0 Å². The predicted octanol–water partition coefficient (Wildman–Crippen LogP) is 2.15. The maximum absolute atomic E-state index is 9.79. The van der Waals surface area contributed by atoms with E-state index in [1.807, 2.05) is 0 Å². The van der Waals surface area contributed by atoms with Crippen LogP contribution in [0.2, 0.25) is 0 Å². The Morgan fingerprint density at radius 2 is 1.75 bits per heavy atom. The summed E-state index contributed by atoms with van der Waals surface area (Å²) in [6.07, 6.45) is 2.64. The first-order valence-electron chi connectivity index (χ1n) is 6.22. The molecule has 0 bridgehead atoms. The minimum Gasteiger partial charge on any atom is -0.391 e. The normalized spacial score (nSPS) is 12.7. The van der Waals surface area contributed by atoms with E-state index in [2.05, 4.69) is 43.4 Å². The van der Waals surface area contributed by atoms with Crippen LogP contribution in [0.1, 0.15) is 31.4 Å². The van der Waals surface area contributed by atoms with Crippen LogP contribution in [0, 0.1) is 0 Å². The summed E-state index contributed by atoms with van der Waals surface area (Å²) in [5.41, 5.74) is 2.56. The number of rotatable bonds is 7. The minimum absolute atomic E-state index is 0.279. The molecule has 0 aromatic heterocycles. The van der Waals surface area contributed by atoms with Crippen molar-refractivity contribution in [1.29, 1.82) is 0 Å². The largest absolute Gasteiger partial charge is 0.391 e. The molecule has 0 amide bonds. The maximum atomic E-state index is 9.79. The number of hydrogen-bond donors (Lipinski definition) is 2. The van der Waals surface area contributed by atoms with Crippen molar-refractivity contribution in [1.82, 2.24) is 5.32 Å². The van der Waals surface area contributed by atoms with Crippen molar-refractivity contribution in [3.05, 3.63) is 35.4 Å². The fourth-order valence-electron chi connectivity index (χ4n) is 1.70. The molecular formula is C14H23NO. The van der Waals surface area contributed by atoms with Crippen LogP contribution in [-0.2, 0) is 12.8 Å². The van der Waals surface area contributed by atoms with Gasteiger partial charge in [-0.05, 0) is 36.9 Å². The minimum atomic E-state index is -0.279. The molecule has 1 unspecified atom stereocenters. The lowest BCUT2D eigenvalue weighted by molar-refractivity contribution is 0.172. The summed E-state index contributed by atoms with van der Waals surface area (Å²) in [4.78, 5) is 0. The zero-order chi connectivity index (χ0) is 11.8. The Bertz CT molecular complexity index is 281. The highest BCUT2D eigenvalue weighted by Crippen LogP contribution is 2.07. The van der Waals surface area contributed by atoms with Crippen molar-refractivity contribution in [2.75, 3.05) is 13.1 Å². The molecule has 0 aliphatic rings. The molecule has 0 radical (unpaired) electrons. The van der Waals surface area contributed by atoms with Crippen molar-refractivity contribution < 1.29 is 5.11 Å². The van der Waals surface area contributed by atoms with Gasteiger partial charge in [-0.15, -0.1) is 0 Å². The Balaban J connectivity index is 2.34. The van der Waals surface area contributed by atoms with Crippen molar-refractivity contribution in [2.24, 2.45) is 0 Å². The monoisotopic (exact) mass is 221 g/mol. The molecule has 1 atom stereocenters. The van der Waals surface area contributed by atoms with E-state index in [0.717, 1.165) is 25.8 Å². The van der Waals surface area contributed by atoms with Gasteiger partial charge in [-0.3, -0.25) is 0 Å². The molecule has 16 heavy (non-hydrogen) atoms. The van der Waals surface area contributed by atoms with Crippen LogP contribution in [0.15, 0.2) is 24.3 Å². The number of aliphatic hydroxyl groups excluding tert-OH is 1. The molecule has 2 nitrogen and oxygen atoms in total. The van der Waals surface area contributed by atoms with Crippen LogP contribution < -0.4 is 5.32 Å². The Labute approximate surface area is 98.7 Å². The number of benzene rings is 1. The van der Waals surface area contributed by atoms with Gasteiger partial charge in [0, 0.05) is 6.54 Å². The lowest BCUT2D eigenvalue weighted by Crippen LogP contribution is -2.28. The standard InChI is InChI=1S/C14H23NO/c1-3-9-15-11-14(16)10-13-7-5-12(4-2)6-8-13/h5-8,14-16H,3-4,9-11H2,1-2H3. The van der Waals surface area contributed by atoms with Crippen LogP contribution in [0.25, 0.3) is 0 Å². The van der Waals surface area contributed by atoms with E-state index in [9.17, 15) is 5.11 Å². The van der Waals surface area contributed by atoms with E-state index in [4.69, 9.17) is 0 Å². The van der Waals surface area contributed by atoms with Gasteiger partial charge in [-0.2, -0.15) is 0 Å². The lowest BCUT2D eigenvalue weighted by Gasteiger charge is -2.11. The van der Waals surface area contributed by atoms with Gasteiger partial charge in [0.1, 0.15) is 0 Å². The average molecular weight is 221 g/mol. The molecule has 0 aliphatic heterocycles. The molecule has 0 spiro atoms. The van der Waals surface area contributed by atoms with E-state index in [-0.39, 0.29) is 6.10 Å². The Hall–Kier alpha value is -0.860. The van der Waals surface area contributed by atoms with Crippen LogP contribution in [0.5, 0.6) is 0 Å². The van der Waals surface area contributed by atoms with Gasteiger partial charge in [0.15, 0.2) is 0 Å². The fraction of sp³-hybridized carbons (Fsp3) is 0.571. The van der Waals surface area contributed by atoms with Gasteiger partial charge in [-0.1, -0.05) is 38.1 Å². The van der Waals surface area contributed by atoms with Gasteiger partial charge in [-0.25, -0.2) is 0 Å². The van der Waals surface area contributed by atoms with E-state index in [0.29, 0.717) is 6.54 Å². The molecule has 0 saturated carbocycles. The zero-order valence-electron chi connectivity index (χ0n) is 10.4. The van der Waals surface area contributed by atoms with E-state index in [1.165, 1.54) is 11.1 Å². The summed E-state index contributed by atoms with van der Waals surface area (Å²) in [5, 5.41) is 13.0. The summed E-state index contributed by atoms with van der Waals surface area (Å²) >= 11 is 0. The molecule has 0 fully saturated rings. The third-order valence-corrected chi connectivity index (χ3v) is 2.71. The first-order chi connectivity index (χ1) is 7.76. The van der Waals surface area contributed by atoms with Crippen molar-refractivity contribution >= 4 is 0 Å². The zero-order valence-corrected chi connectivity index (χ0v) is 10.4. The van der Waals surface area contributed by atoms with Crippen LogP contribution >= 0.6 is 0 Å². The van der Waals surface area contributed by atoms with Crippen LogP contribution in [-0.4, -0.2) is 24.3 Å². The third kappa shape index (κ3) is 4.77. The molecule has 0 heterocycles. The topological polar surface area (TPSA) is 32.3 Å². The second kappa shape index (κ2) is 7.42. The van der Waals surface area contributed by atoms with Gasteiger partial charge in [0.25, 0.3) is 0 Å². The molecule has 2 heteroatoms. The number of hydrogen-bond acceptors (Lipinski definition) is 2. The summed E-state index contributed by atoms with van der Waals surface area (Å²) in [7, 11) is 0. The molecule has 0 saturated heterocycles.